The number of hydrogen-bond acceptors (Lipinski definition) is 5. The molecule has 140 valence electrons. The predicted molar refractivity (Wildman–Crippen MR) is 114 cm³/mol. The van der Waals surface area contributed by atoms with Crippen molar-refractivity contribution in [2.75, 3.05) is 5.32 Å². The Bertz CT molecular complexity index is 1230. The fraction of sp³-hybridized carbons (Fsp3) is 0.0833. The van der Waals surface area contributed by atoms with E-state index in [4.69, 9.17) is 0 Å². The number of anilines is 1. The number of carbonyl (C=O) groups excluding carboxylic acids is 1. The van der Waals surface area contributed by atoms with E-state index >= 15 is 0 Å². The van der Waals surface area contributed by atoms with Crippen LogP contribution < -0.4 is 5.32 Å². The number of nitrogens with one attached hydrogen (secondary N) is 1. The van der Waals surface area contributed by atoms with Crippen LogP contribution in [0.2, 0.25) is 0 Å². The smallest absolute Gasteiger partial charge is 0.151 e. The Hall–Kier alpha value is -4.04. The van der Waals surface area contributed by atoms with Crippen LogP contribution in [0.25, 0.3) is 22.0 Å². The summed E-state index contributed by atoms with van der Waals surface area (Å²) in [6.07, 6.45) is 5.62. The lowest BCUT2D eigenvalue weighted by Crippen LogP contribution is -2.08. The first kappa shape index (κ1) is 18.3. The first-order valence-corrected chi connectivity index (χ1v) is 9.24. The van der Waals surface area contributed by atoms with E-state index in [-0.39, 0.29) is 6.04 Å². The molecule has 2 aromatic carbocycles. The first-order valence-electron chi connectivity index (χ1n) is 9.24. The monoisotopic (exact) mass is 378 g/mol. The summed E-state index contributed by atoms with van der Waals surface area (Å²) in [5, 5.41) is 14.0. The average Bonchev–Trinajstić information content (AvgIpc) is 2.79. The van der Waals surface area contributed by atoms with Gasteiger partial charge < -0.3 is 5.32 Å². The summed E-state index contributed by atoms with van der Waals surface area (Å²) >= 11 is 0. The number of aldehydes is 1. The second-order valence-electron chi connectivity index (χ2n) is 6.79. The van der Waals surface area contributed by atoms with E-state index < -0.39 is 0 Å². The minimum absolute atomic E-state index is 0.0117. The van der Waals surface area contributed by atoms with Crippen LogP contribution in [0.1, 0.15) is 34.5 Å². The van der Waals surface area contributed by atoms with Crippen LogP contribution in [-0.4, -0.2) is 16.3 Å². The van der Waals surface area contributed by atoms with Gasteiger partial charge in [0.25, 0.3) is 0 Å². The van der Waals surface area contributed by atoms with Gasteiger partial charge >= 0.3 is 0 Å². The number of aromatic nitrogens is 2. The second kappa shape index (κ2) is 7.91. The Morgan fingerprint density at radius 3 is 2.62 bits per heavy atom. The molecule has 0 aliphatic heterocycles. The standard InChI is InChI=1S/C24H18N4O/c1-16(18-5-3-2-4-6-18)28-24-21(11-25)14-27-23-8-7-19(10-22(23)24)20-9-17(15-29)12-26-13-20/h2-10,12-16H,1H3,(H,27,28). The zero-order valence-electron chi connectivity index (χ0n) is 15.8. The minimum Gasteiger partial charge on any atom is -0.377 e. The second-order valence-corrected chi connectivity index (χ2v) is 6.79. The van der Waals surface area contributed by atoms with E-state index in [9.17, 15) is 10.1 Å². The Kier molecular flexibility index (Phi) is 5.00. The molecule has 4 aromatic rings. The van der Waals surface area contributed by atoms with E-state index in [0.29, 0.717) is 11.1 Å². The lowest BCUT2D eigenvalue weighted by molar-refractivity contribution is 0.112. The Morgan fingerprint density at radius 2 is 1.86 bits per heavy atom. The minimum atomic E-state index is 0.0117. The lowest BCUT2D eigenvalue weighted by Gasteiger charge is -2.18. The van der Waals surface area contributed by atoms with Crippen LogP contribution in [0.3, 0.4) is 0 Å². The van der Waals surface area contributed by atoms with Crippen LogP contribution in [0, 0.1) is 11.3 Å². The summed E-state index contributed by atoms with van der Waals surface area (Å²) in [5.74, 6) is 0. The maximum atomic E-state index is 11.1. The molecule has 0 aliphatic carbocycles. The first-order chi connectivity index (χ1) is 14.2. The summed E-state index contributed by atoms with van der Waals surface area (Å²) in [6, 6.07) is 20.0. The van der Waals surface area contributed by atoms with Gasteiger partial charge in [0.2, 0.25) is 0 Å². The van der Waals surface area contributed by atoms with Crippen molar-refractivity contribution in [3.8, 4) is 17.2 Å². The Balaban J connectivity index is 1.83. The number of carbonyl (C=O) groups is 1. The van der Waals surface area contributed by atoms with E-state index in [0.717, 1.165) is 39.6 Å². The highest BCUT2D eigenvalue weighted by molar-refractivity contribution is 5.97. The Morgan fingerprint density at radius 1 is 1.03 bits per heavy atom. The van der Waals surface area contributed by atoms with Crippen molar-refractivity contribution in [3.63, 3.8) is 0 Å². The maximum Gasteiger partial charge on any atom is 0.151 e. The lowest BCUT2D eigenvalue weighted by atomic mass is 10.0. The normalized spacial score (nSPS) is 11.6. The van der Waals surface area contributed by atoms with Gasteiger partial charge in [-0.15, -0.1) is 0 Å². The summed E-state index contributed by atoms with van der Waals surface area (Å²) in [5.41, 5.74) is 5.40. The molecule has 1 atom stereocenters. The molecule has 2 heterocycles. The van der Waals surface area contributed by atoms with Crippen molar-refractivity contribution in [1.82, 2.24) is 9.97 Å². The molecule has 0 saturated carbocycles. The van der Waals surface area contributed by atoms with E-state index in [1.807, 2.05) is 36.4 Å². The van der Waals surface area contributed by atoms with Gasteiger partial charge in [-0.1, -0.05) is 36.4 Å². The average molecular weight is 378 g/mol. The third-order valence-corrected chi connectivity index (χ3v) is 4.88. The predicted octanol–water partition coefficient (Wildman–Crippen LogP) is 5.15. The van der Waals surface area contributed by atoms with Crippen molar-refractivity contribution in [2.45, 2.75) is 13.0 Å². The van der Waals surface area contributed by atoms with E-state index in [1.165, 1.54) is 6.20 Å². The van der Waals surface area contributed by atoms with Crippen LogP contribution in [-0.2, 0) is 0 Å². The number of hydrogen-bond donors (Lipinski definition) is 1. The highest BCUT2D eigenvalue weighted by Crippen LogP contribution is 2.32. The van der Waals surface area contributed by atoms with Gasteiger partial charge in [-0.3, -0.25) is 14.8 Å². The number of benzene rings is 2. The van der Waals surface area contributed by atoms with Crippen molar-refractivity contribution in [1.29, 1.82) is 5.26 Å². The van der Waals surface area contributed by atoms with Gasteiger partial charge in [0.15, 0.2) is 6.29 Å². The third-order valence-electron chi connectivity index (χ3n) is 4.88. The number of rotatable bonds is 5. The number of nitrogens with zero attached hydrogens (tertiary/aromatic N) is 3. The topological polar surface area (TPSA) is 78.7 Å². The molecule has 5 heteroatoms. The largest absolute Gasteiger partial charge is 0.377 e. The van der Waals surface area contributed by atoms with Crippen LogP contribution >= 0.6 is 0 Å². The molecular formula is C24H18N4O. The van der Waals surface area contributed by atoms with Gasteiger partial charge in [0, 0.05) is 41.1 Å². The molecule has 1 unspecified atom stereocenters. The van der Waals surface area contributed by atoms with Crippen LogP contribution in [0.4, 0.5) is 5.69 Å². The molecule has 0 amide bonds. The van der Waals surface area contributed by atoms with Crippen molar-refractivity contribution in [3.05, 3.63) is 89.9 Å². The molecule has 4 rings (SSSR count). The fourth-order valence-corrected chi connectivity index (χ4v) is 3.33. The van der Waals surface area contributed by atoms with Crippen LogP contribution in [0.5, 0.6) is 0 Å². The molecule has 0 spiro atoms. The van der Waals surface area contributed by atoms with Crippen molar-refractivity contribution < 1.29 is 4.79 Å². The molecule has 0 aliphatic rings. The van der Waals surface area contributed by atoms with Gasteiger partial charge in [0.05, 0.1) is 16.8 Å². The molecule has 0 bridgehead atoms. The summed E-state index contributed by atoms with van der Waals surface area (Å²) in [4.78, 5) is 19.7. The molecule has 2 aromatic heterocycles. The van der Waals surface area contributed by atoms with Gasteiger partial charge in [-0.2, -0.15) is 5.26 Å². The number of pyridine rings is 2. The van der Waals surface area contributed by atoms with Crippen LogP contribution in [0.15, 0.2) is 73.2 Å². The molecule has 0 radical (unpaired) electrons. The molecule has 0 saturated heterocycles. The molecule has 29 heavy (non-hydrogen) atoms. The molecule has 1 N–H and O–H groups in total. The molecule has 0 fully saturated rings. The fourth-order valence-electron chi connectivity index (χ4n) is 3.33. The summed E-state index contributed by atoms with van der Waals surface area (Å²) in [6.45, 7) is 2.06. The van der Waals surface area contributed by atoms with Gasteiger partial charge in [-0.05, 0) is 36.2 Å². The zero-order valence-corrected chi connectivity index (χ0v) is 15.8. The third kappa shape index (κ3) is 3.69. The summed E-state index contributed by atoms with van der Waals surface area (Å²) in [7, 11) is 0. The molecule has 5 nitrogen and oxygen atoms in total. The summed E-state index contributed by atoms with van der Waals surface area (Å²) < 4.78 is 0. The van der Waals surface area contributed by atoms with Crippen molar-refractivity contribution >= 4 is 22.9 Å². The quantitative estimate of drug-likeness (QED) is 0.486. The van der Waals surface area contributed by atoms with Crippen molar-refractivity contribution in [2.24, 2.45) is 0 Å². The van der Waals surface area contributed by atoms with E-state index in [2.05, 4.69) is 40.4 Å². The maximum absolute atomic E-state index is 11.1. The number of nitriles is 1. The van der Waals surface area contributed by atoms with Gasteiger partial charge in [0.1, 0.15) is 6.07 Å². The zero-order chi connectivity index (χ0) is 20.2. The number of fused-ring (bicyclic) bond motifs is 1. The van der Waals surface area contributed by atoms with Gasteiger partial charge in [-0.25, -0.2) is 0 Å². The highest BCUT2D eigenvalue weighted by Gasteiger charge is 2.14. The highest BCUT2D eigenvalue weighted by atomic mass is 16.1. The molecular weight excluding hydrogens is 360 g/mol. The Labute approximate surface area is 168 Å². The SMILES string of the molecule is CC(Nc1c(C#N)cnc2ccc(-c3cncc(C=O)c3)cc12)c1ccccc1. The van der Waals surface area contributed by atoms with E-state index in [1.54, 1.807) is 18.5 Å².